The van der Waals surface area contributed by atoms with E-state index in [0.717, 1.165) is 22.6 Å². The topological polar surface area (TPSA) is 39.4 Å². The van der Waals surface area contributed by atoms with Gasteiger partial charge in [-0.1, -0.05) is 13.8 Å². The lowest BCUT2D eigenvalue weighted by atomic mass is 9.98. The lowest BCUT2D eigenvalue weighted by Crippen LogP contribution is -2.33. The summed E-state index contributed by atoms with van der Waals surface area (Å²) in [5.74, 6) is 0.828. The van der Waals surface area contributed by atoms with Crippen molar-refractivity contribution in [3.8, 4) is 0 Å². The Hall–Kier alpha value is -1.35. The molecular weight excluding hydrogens is 228 g/mol. The molecule has 0 aliphatic heterocycles. The van der Waals surface area contributed by atoms with Crippen LogP contribution >= 0.6 is 0 Å². The molecule has 0 saturated heterocycles. The second kappa shape index (κ2) is 5.11. The predicted molar refractivity (Wildman–Crippen MR) is 70.8 cm³/mol. The zero-order chi connectivity index (χ0) is 13.3. The number of rotatable bonds is 4. The van der Waals surface area contributed by atoms with Crippen LogP contribution in [0, 0.1) is 12.8 Å². The van der Waals surface area contributed by atoms with E-state index in [2.05, 4.69) is 0 Å². The number of Topliss-reactive ketones (excluding diaryl/α,β-unsaturated/α-hetero) is 1. The molecule has 18 heavy (non-hydrogen) atoms. The molecule has 1 atom stereocenters. The van der Waals surface area contributed by atoms with Crippen molar-refractivity contribution in [2.24, 2.45) is 5.92 Å². The third-order valence-electron chi connectivity index (χ3n) is 3.19. The predicted octanol–water partition coefficient (Wildman–Crippen LogP) is 1.80. The summed E-state index contributed by atoms with van der Waals surface area (Å²) in [6.45, 7) is 8.32. The third-order valence-corrected chi connectivity index (χ3v) is 3.19. The molecule has 2 rings (SSSR count). The fourth-order valence-electron chi connectivity index (χ4n) is 2.30. The van der Waals surface area contributed by atoms with Gasteiger partial charge in [0.2, 0.25) is 0 Å². The molecule has 1 heterocycles. The average Bonchev–Trinajstić information content (AvgIpc) is 2.64. The lowest BCUT2D eigenvalue weighted by molar-refractivity contribution is 0.0936. The smallest absolute Gasteiger partial charge is 0.169 e. The van der Waals surface area contributed by atoms with Crippen LogP contribution in [-0.4, -0.2) is 18.5 Å². The zero-order valence-electron chi connectivity index (χ0n) is 11.4. The molecule has 3 heteroatoms. The molecule has 1 aliphatic rings. The second-order valence-electron chi connectivity index (χ2n) is 4.93. The first-order valence-electron chi connectivity index (χ1n) is 6.51. The van der Waals surface area contributed by atoms with Gasteiger partial charge in [0.25, 0.3) is 0 Å². The van der Waals surface area contributed by atoms with E-state index in [1.807, 2.05) is 39.8 Å². The molecule has 0 spiro atoms. The van der Waals surface area contributed by atoms with Crippen LogP contribution in [0.25, 0.3) is 12.2 Å². The number of ketones is 1. The highest BCUT2D eigenvalue weighted by Gasteiger charge is 2.21. The van der Waals surface area contributed by atoms with Gasteiger partial charge in [-0.2, -0.15) is 0 Å². The van der Waals surface area contributed by atoms with Crippen LogP contribution in [0.5, 0.6) is 0 Å². The van der Waals surface area contributed by atoms with Gasteiger partial charge >= 0.3 is 0 Å². The highest BCUT2D eigenvalue weighted by atomic mass is 16.5. The molecule has 0 saturated carbocycles. The second-order valence-corrected chi connectivity index (χ2v) is 4.93. The molecule has 0 N–H and O–H groups in total. The first-order valence-corrected chi connectivity index (χ1v) is 6.51. The summed E-state index contributed by atoms with van der Waals surface area (Å²) >= 11 is 0. The zero-order valence-corrected chi connectivity index (χ0v) is 11.4. The van der Waals surface area contributed by atoms with Gasteiger partial charge in [-0.15, -0.1) is 0 Å². The first-order chi connectivity index (χ1) is 8.54. The molecule has 0 radical (unpaired) electrons. The summed E-state index contributed by atoms with van der Waals surface area (Å²) in [5, 5.41) is 0.913. The SMILES string of the molecule is CCOC1C=c2c(C(=O)C(C)C)c(C)oc2=CC1. The Kier molecular flexibility index (Phi) is 3.71. The summed E-state index contributed by atoms with van der Waals surface area (Å²) in [5.41, 5.74) is 1.54. The third kappa shape index (κ3) is 2.27. The van der Waals surface area contributed by atoms with Crippen molar-refractivity contribution in [1.29, 1.82) is 0 Å². The number of fused-ring (bicyclic) bond motifs is 1. The Morgan fingerprint density at radius 3 is 2.89 bits per heavy atom. The van der Waals surface area contributed by atoms with E-state index in [1.165, 1.54) is 0 Å². The van der Waals surface area contributed by atoms with Gasteiger partial charge in [-0.25, -0.2) is 0 Å². The minimum atomic E-state index is -0.0220. The van der Waals surface area contributed by atoms with E-state index in [0.29, 0.717) is 12.4 Å². The summed E-state index contributed by atoms with van der Waals surface area (Å²) in [6.07, 6.45) is 4.89. The van der Waals surface area contributed by atoms with Crippen LogP contribution in [0.3, 0.4) is 0 Å². The number of furan rings is 1. The largest absolute Gasteiger partial charge is 0.461 e. The molecule has 1 aromatic rings. The van der Waals surface area contributed by atoms with Crippen molar-refractivity contribution in [2.45, 2.75) is 40.2 Å². The molecular formula is C15H20O3. The van der Waals surface area contributed by atoms with Crippen LogP contribution in [-0.2, 0) is 4.74 Å². The van der Waals surface area contributed by atoms with Crippen LogP contribution < -0.4 is 10.6 Å². The Morgan fingerprint density at radius 2 is 2.28 bits per heavy atom. The molecule has 3 nitrogen and oxygen atoms in total. The minimum absolute atomic E-state index is 0.0220. The first kappa shape index (κ1) is 13.1. The molecule has 1 unspecified atom stereocenters. The highest BCUT2D eigenvalue weighted by Crippen LogP contribution is 2.12. The van der Waals surface area contributed by atoms with Gasteiger partial charge in [-0.05, 0) is 32.4 Å². The summed E-state index contributed by atoms with van der Waals surface area (Å²) in [7, 11) is 0. The molecule has 1 aliphatic carbocycles. The number of hydrogen-bond donors (Lipinski definition) is 0. The van der Waals surface area contributed by atoms with Gasteiger partial charge in [0.1, 0.15) is 11.2 Å². The van der Waals surface area contributed by atoms with E-state index in [-0.39, 0.29) is 17.8 Å². The minimum Gasteiger partial charge on any atom is -0.461 e. The normalized spacial score (nSPS) is 18.2. The van der Waals surface area contributed by atoms with Crippen molar-refractivity contribution in [3.05, 3.63) is 22.0 Å². The molecule has 1 aromatic heterocycles. The summed E-state index contributed by atoms with van der Waals surface area (Å²) in [6, 6.07) is 0. The van der Waals surface area contributed by atoms with Crippen LogP contribution in [0.15, 0.2) is 4.42 Å². The Bertz CT molecular complexity index is 563. The number of carbonyl (C=O) groups excluding carboxylic acids is 1. The number of carbonyl (C=O) groups is 1. The molecule has 0 aromatic carbocycles. The van der Waals surface area contributed by atoms with Crippen molar-refractivity contribution >= 4 is 17.9 Å². The Labute approximate surface area is 107 Å². The van der Waals surface area contributed by atoms with Crippen molar-refractivity contribution in [2.75, 3.05) is 6.61 Å². The lowest BCUT2D eigenvalue weighted by Gasteiger charge is -2.12. The summed E-state index contributed by atoms with van der Waals surface area (Å²) < 4.78 is 11.3. The van der Waals surface area contributed by atoms with Crippen molar-refractivity contribution in [1.82, 2.24) is 0 Å². The monoisotopic (exact) mass is 248 g/mol. The molecule has 0 fully saturated rings. The molecule has 98 valence electrons. The van der Waals surface area contributed by atoms with Gasteiger partial charge in [-0.3, -0.25) is 4.79 Å². The Morgan fingerprint density at radius 1 is 1.56 bits per heavy atom. The van der Waals surface area contributed by atoms with Crippen LogP contribution in [0.4, 0.5) is 0 Å². The maximum atomic E-state index is 12.2. The molecule has 0 bridgehead atoms. The van der Waals surface area contributed by atoms with E-state index in [9.17, 15) is 4.79 Å². The quantitative estimate of drug-likeness (QED) is 0.763. The number of hydrogen-bond acceptors (Lipinski definition) is 3. The molecule has 0 amide bonds. The van der Waals surface area contributed by atoms with Gasteiger partial charge in [0.15, 0.2) is 5.78 Å². The van der Waals surface area contributed by atoms with Gasteiger partial charge in [0.05, 0.1) is 11.7 Å². The van der Waals surface area contributed by atoms with Gasteiger partial charge in [0, 0.05) is 17.7 Å². The van der Waals surface area contributed by atoms with E-state index < -0.39 is 0 Å². The van der Waals surface area contributed by atoms with E-state index in [4.69, 9.17) is 9.15 Å². The van der Waals surface area contributed by atoms with Crippen molar-refractivity contribution in [3.63, 3.8) is 0 Å². The van der Waals surface area contributed by atoms with E-state index in [1.54, 1.807) is 0 Å². The van der Waals surface area contributed by atoms with Crippen LogP contribution in [0.1, 0.15) is 43.3 Å². The fourth-order valence-corrected chi connectivity index (χ4v) is 2.30. The maximum Gasteiger partial charge on any atom is 0.169 e. The average molecular weight is 248 g/mol. The number of ether oxygens (including phenoxy) is 1. The Balaban J connectivity index is 2.54. The highest BCUT2D eigenvalue weighted by molar-refractivity contribution is 5.98. The van der Waals surface area contributed by atoms with Crippen LogP contribution in [0.2, 0.25) is 0 Å². The van der Waals surface area contributed by atoms with Crippen molar-refractivity contribution < 1.29 is 13.9 Å². The standard InChI is InChI=1S/C15H20O3/c1-5-17-11-6-7-13-12(8-11)14(10(4)18-13)15(16)9(2)3/h7-9,11H,5-6H2,1-4H3. The maximum absolute atomic E-state index is 12.2. The number of aryl methyl sites for hydroxylation is 1. The fraction of sp³-hybridized carbons (Fsp3) is 0.533. The summed E-state index contributed by atoms with van der Waals surface area (Å²) in [4.78, 5) is 12.2. The van der Waals surface area contributed by atoms with E-state index >= 15 is 0 Å². The van der Waals surface area contributed by atoms with Gasteiger partial charge < -0.3 is 9.15 Å².